The van der Waals surface area contributed by atoms with Gasteiger partial charge in [0.25, 0.3) is 5.91 Å². The van der Waals surface area contributed by atoms with Crippen molar-refractivity contribution in [2.75, 3.05) is 0 Å². The molecule has 2 aromatic carbocycles. The van der Waals surface area contributed by atoms with Gasteiger partial charge in [0, 0.05) is 6.04 Å². The Morgan fingerprint density at radius 2 is 1.72 bits per heavy atom. The van der Waals surface area contributed by atoms with Crippen molar-refractivity contribution in [1.29, 1.82) is 0 Å². The zero-order valence-electron chi connectivity index (χ0n) is 15.7. The molecule has 2 aromatic rings. The summed E-state index contributed by atoms with van der Waals surface area (Å²) in [7, 11) is 0. The minimum Gasteiger partial charge on any atom is -0.481 e. The fourth-order valence-corrected chi connectivity index (χ4v) is 2.92. The Balaban J connectivity index is 1.88. The normalized spacial score (nSPS) is 13.1. The van der Waals surface area contributed by atoms with E-state index in [0.29, 0.717) is 6.42 Å². The van der Waals surface area contributed by atoms with E-state index in [1.54, 1.807) is 0 Å². The molecule has 134 valence electrons. The van der Waals surface area contributed by atoms with E-state index in [0.717, 1.165) is 29.7 Å². The number of carbonyl (C=O) groups excluding carboxylic acids is 1. The van der Waals surface area contributed by atoms with Crippen molar-refractivity contribution in [3.63, 3.8) is 0 Å². The molecule has 0 aliphatic heterocycles. The maximum Gasteiger partial charge on any atom is 0.261 e. The summed E-state index contributed by atoms with van der Waals surface area (Å²) in [5.74, 6) is 0.721. The maximum atomic E-state index is 12.5. The van der Waals surface area contributed by atoms with Crippen LogP contribution in [0.5, 0.6) is 5.75 Å². The van der Waals surface area contributed by atoms with Gasteiger partial charge in [0.1, 0.15) is 5.75 Å². The van der Waals surface area contributed by atoms with Gasteiger partial charge in [-0.1, -0.05) is 43.3 Å². The summed E-state index contributed by atoms with van der Waals surface area (Å²) in [6.07, 6.45) is 2.05. The van der Waals surface area contributed by atoms with E-state index in [4.69, 9.17) is 4.74 Å². The van der Waals surface area contributed by atoms with E-state index in [1.807, 2.05) is 58.0 Å². The highest BCUT2D eigenvalue weighted by Crippen LogP contribution is 2.18. The fourth-order valence-electron chi connectivity index (χ4n) is 2.92. The average Bonchev–Trinajstić information content (AvgIpc) is 2.58. The Labute approximate surface area is 151 Å². The van der Waals surface area contributed by atoms with Crippen LogP contribution >= 0.6 is 0 Å². The van der Waals surface area contributed by atoms with Gasteiger partial charge in [0.2, 0.25) is 0 Å². The fraction of sp³-hybridized carbons (Fsp3) is 0.409. The van der Waals surface area contributed by atoms with Crippen LogP contribution in [0.25, 0.3) is 0 Å². The van der Waals surface area contributed by atoms with Crippen LogP contribution in [0.2, 0.25) is 0 Å². The van der Waals surface area contributed by atoms with E-state index in [9.17, 15) is 4.79 Å². The summed E-state index contributed by atoms with van der Waals surface area (Å²) in [4.78, 5) is 12.5. The summed E-state index contributed by atoms with van der Waals surface area (Å²) in [6, 6.07) is 16.5. The van der Waals surface area contributed by atoms with Crippen LogP contribution in [-0.4, -0.2) is 18.1 Å². The number of hydrogen-bond donors (Lipinski definition) is 1. The van der Waals surface area contributed by atoms with Gasteiger partial charge in [-0.25, -0.2) is 0 Å². The van der Waals surface area contributed by atoms with Gasteiger partial charge >= 0.3 is 0 Å². The molecule has 1 amide bonds. The molecule has 0 saturated heterocycles. The monoisotopic (exact) mass is 339 g/mol. The van der Waals surface area contributed by atoms with Crippen molar-refractivity contribution in [1.82, 2.24) is 5.32 Å². The van der Waals surface area contributed by atoms with Crippen LogP contribution in [0.4, 0.5) is 0 Å². The van der Waals surface area contributed by atoms with Gasteiger partial charge < -0.3 is 10.1 Å². The summed E-state index contributed by atoms with van der Waals surface area (Å²) in [6.45, 7) is 8.09. The van der Waals surface area contributed by atoms with Crippen LogP contribution in [0.1, 0.15) is 43.4 Å². The lowest BCUT2D eigenvalue weighted by atomic mass is 10.1. The van der Waals surface area contributed by atoms with E-state index in [-0.39, 0.29) is 11.9 Å². The average molecular weight is 339 g/mol. The molecule has 2 rings (SSSR count). The van der Waals surface area contributed by atoms with Crippen LogP contribution in [0.15, 0.2) is 48.5 Å². The minimum absolute atomic E-state index is 0.0396. The molecule has 3 heteroatoms. The lowest BCUT2D eigenvalue weighted by molar-refractivity contribution is -0.128. The first-order valence-corrected chi connectivity index (χ1v) is 9.07. The van der Waals surface area contributed by atoms with Gasteiger partial charge in [-0.3, -0.25) is 4.79 Å². The molecule has 1 N–H and O–H groups in total. The summed E-state index contributed by atoms with van der Waals surface area (Å²) >= 11 is 0. The first-order chi connectivity index (χ1) is 12.0. The second-order valence-electron chi connectivity index (χ2n) is 6.77. The van der Waals surface area contributed by atoms with Crippen LogP contribution < -0.4 is 10.1 Å². The molecule has 0 radical (unpaired) electrons. The largest absolute Gasteiger partial charge is 0.481 e. The molecule has 0 aromatic heterocycles. The summed E-state index contributed by atoms with van der Waals surface area (Å²) in [5, 5.41) is 3.09. The molecule has 0 aliphatic carbocycles. The van der Waals surface area contributed by atoms with Crippen molar-refractivity contribution >= 4 is 5.91 Å². The molecule has 2 atom stereocenters. The molecule has 25 heavy (non-hydrogen) atoms. The molecule has 0 fully saturated rings. The lowest BCUT2D eigenvalue weighted by Gasteiger charge is -2.21. The maximum absolute atomic E-state index is 12.5. The highest BCUT2D eigenvalue weighted by molar-refractivity contribution is 5.81. The third-order valence-corrected chi connectivity index (χ3v) is 4.23. The summed E-state index contributed by atoms with van der Waals surface area (Å²) < 4.78 is 5.94. The second-order valence-corrected chi connectivity index (χ2v) is 6.77. The molecule has 0 unspecified atom stereocenters. The van der Waals surface area contributed by atoms with E-state index in [1.165, 1.54) is 5.56 Å². The van der Waals surface area contributed by atoms with Crippen molar-refractivity contribution < 1.29 is 9.53 Å². The molecule has 0 bridgehead atoms. The van der Waals surface area contributed by atoms with Crippen LogP contribution in [0, 0.1) is 13.8 Å². The number of amides is 1. The zero-order valence-corrected chi connectivity index (χ0v) is 15.7. The van der Waals surface area contributed by atoms with E-state index < -0.39 is 6.10 Å². The van der Waals surface area contributed by atoms with Crippen molar-refractivity contribution in [3.8, 4) is 5.75 Å². The van der Waals surface area contributed by atoms with Gasteiger partial charge in [-0.15, -0.1) is 0 Å². The topological polar surface area (TPSA) is 38.3 Å². The number of hydrogen-bond acceptors (Lipinski definition) is 2. The van der Waals surface area contributed by atoms with Crippen LogP contribution in [-0.2, 0) is 11.2 Å². The Morgan fingerprint density at radius 3 is 2.32 bits per heavy atom. The van der Waals surface area contributed by atoms with Gasteiger partial charge in [-0.2, -0.15) is 0 Å². The Hall–Kier alpha value is -2.29. The van der Waals surface area contributed by atoms with Crippen molar-refractivity contribution in [2.45, 2.75) is 59.1 Å². The van der Waals surface area contributed by atoms with Gasteiger partial charge in [0.05, 0.1) is 0 Å². The van der Waals surface area contributed by atoms with E-state index >= 15 is 0 Å². The van der Waals surface area contributed by atoms with Crippen molar-refractivity contribution in [2.24, 2.45) is 0 Å². The van der Waals surface area contributed by atoms with Crippen molar-refractivity contribution in [3.05, 3.63) is 65.2 Å². The number of benzene rings is 2. The Bertz CT molecular complexity index is 661. The first-order valence-electron chi connectivity index (χ1n) is 9.07. The van der Waals surface area contributed by atoms with Gasteiger partial charge in [-0.05, 0) is 68.9 Å². The zero-order chi connectivity index (χ0) is 18.2. The molecule has 3 nitrogen and oxygen atoms in total. The second kappa shape index (κ2) is 9.26. The standard InChI is InChI=1S/C22H29NO2/c1-5-21(25-20-14-16(2)13-17(3)15-20)22(24)23-18(4)11-12-19-9-7-6-8-10-19/h6-10,13-15,18,21H,5,11-12H2,1-4H3,(H,23,24)/t18-,21-/m0/s1. The SMILES string of the molecule is CC[C@H](Oc1cc(C)cc(C)c1)C(=O)N[C@@H](C)CCc1ccccc1. The highest BCUT2D eigenvalue weighted by atomic mass is 16.5. The Morgan fingerprint density at radius 1 is 1.08 bits per heavy atom. The number of nitrogens with one attached hydrogen (secondary N) is 1. The molecular weight excluding hydrogens is 310 g/mol. The minimum atomic E-state index is -0.458. The lowest BCUT2D eigenvalue weighted by Crippen LogP contribution is -2.42. The molecular formula is C22H29NO2. The van der Waals surface area contributed by atoms with Crippen LogP contribution in [0.3, 0.4) is 0 Å². The third-order valence-electron chi connectivity index (χ3n) is 4.23. The molecule has 0 saturated carbocycles. The number of ether oxygens (including phenoxy) is 1. The molecule has 0 spiro atoms. The quantitative estimate of drug-likeness (QED) is 0.763. The van der Waals surface area contributed by atoms with Gasteiger partial charge in [0.15, 0.2) is 6.10 Å². The Kier molecular flexibility index (Phi) is 7.05. The first kappa shape index (κ1) is 19.0. The predicted octanol–water partition coefficient (Wildman–Crippen LogP) is 4.60. The third kappa shape index (κ3) is 6.26. The number of carbonyl (C=O) groups is 1. The highest BCUT2D eigenvalue weighted by Gasteiger charge is 2.20. The molecule has 0 aliphatic rings. The number of rotatable bonds is 8. The summed E-state index contributed by atoms with van der Waals surface area (Å²) in [5.41, 5.74) is 3.57. The smallest absolute Gasteiger partial charge is 0.261 e. The predicted molar refractivity (Wildman–Crippen MR) is 103 cm³/mol. The molecule has 0 heterocycles. The number of aryl methyl sites for hydroxylation is 3. The van der Waals surface area contributed by atoms with E-state index in [2.05, 4.69) is 23.5 Å².